The summed E-state index contributed by atoms with van der Waals surface area (Å²) in [6, 6.07) is 5.66. The van der Waals surface area contributed by atoms with Gasteiger partial charge < -0.3 is 10.6 Å². The molecule has 0 saturated heterocycles. The predicted octanol–water partition coefficient (Wildman–Crippen LogP) is 3.88. The molecule has 0 atom stereocenters. The molecule has 0 saturated carbocycles. The van der Waals surface area contributed by atoms with E-state index in [-0.39, 0.29) is 11.8 Å². The van der Waals surface area contributed by atoms with Crippen LogP contribution in [-0.4, -0.2) is 18.4 Å². The van der Waals surface area contributed by atoms with E-state index >= 15 is 0 Å². The first-order chi connectivity index (χ1) is 10.1. The third kappa shape index (κ3) is 5.13. The second-order valence-corrected chi connectivity index (χ2v) is 7.36. The van der Waals surface area contributed by atoms with Gasteiger partial charge in [0, 0.05) is 11.0 Å². The van der Waals surface area contributed by atoms with Gasteiger partial charge in [-0.1, -0.05) is 19.9 Å². The second-order valence-electron chi connectivity index (χ2n) is 6.50. The Bertz CT molecular complexity index is 554. The number of hydrogen-bond donors (Lipinski definition) is 2. The summed E-state index contributed by atoms with van der Waals surface area (Å²) >= 11 is 3.42. The summed E-state index contributed by atoms with van der Waals surface area (Å²) in [7, 11) is 0. The second kappa shape index (κ2) is 7.77. The van der Waals surface area contributed by atoms with Crippen LogP contribution in [0.2, 0.25) is 0 Å². The third-order valence-electron chi connectivity index (χ3n) is 3.52. The summed E-state index contributed by atoms with van der Waals surface area (Å²) in [6.07, 6.45) is 0.896. The van der Waals surface area contributed by atoms with Crippen LogP contribution in [0.3, 0.4) is 0 Å². The molecule has 0 unspecified atom stereocenters. The fraction of sp³-hybridized carbons (Fsp3) is 0.529. The molecule has 2 N–H and O–H groups in total. The van der Waals surface area contributed by atoms with Crippen molar-refractivity contribution >= 4 is 33.4 Å². The number of aryl methyl sites for hydroxylation is 1. The fourth-order valence-electron chi connectivity index (χ4n) is 1.80. The molecule has 0 aliphatic rings. The molecule has 0 fully saturated rings. The molecule has 0 aromatic heterocycles. The van der Waals surface area contributed by atoms with Crippen molar-refractivity contribution in [3.63, 3.8) is 0 Å². The highest BCUT2D eigenvalue weighted by Crippen LogP contribution is 2.26. The Hall–Kier alpha value is -1.36. The maximum atomic E-state index is 12.4. The van der Waals surface area contributed by atoms with Crippen molar-refractivity contribution in [1.29, 1.82) is 0 Å². The first-order valence-electron chi connectivity index (χ1n) is 7.50. The van der Waals surface area contributed by atoms with E-state index < -0.39 is 5.41 Å². The van der Waals surface area contributed by atoms with Crippen molar-refractivity contribution in [2.45, 2.75) is 41.0 Å². The van der Waals surface area contributed by atoms with E-state index in [9.17, 15) is 9.59 Å². The standard InChI is InChI=1S/C17H25BrN2O2/c1-11(2)8-9-19-15(21)17(4,5)16(22)20-14-7-6-12(3)10-13(14)18/h6-7,10-11H,8-9H2,1-5H3,(H,19,21)(H,20,22). The Labute approximate surface area is 141 Å². The van der Waals surface area contributed by atoms with Gasteiger partial charge >= 0.3 is 0 Å². The largest absolute Gasteiger partial charge is 0.355 e. The Morgan fingerprint density at radius 3 is 2.41 bits per heavy atom. The number of benzene rings is 1. The lowest BCUT2D eigenvalue weighted by Gasteiger charge is -2.23. The van der Waals surface area contributed by atoms with Crippen molar-refractivity contribution < 1.29 is 9.59 Å². The normalized spacial score (nSPS) is 11.4. The minimum Gasteiger partial charge on any atom is -0.355 e. The van der Waals surface area contributed by atoms with E-state index in [0.717, 1.165) is 16.5 Å². The topological polar surface area (TPSA) is 58.2 Å². The molecule has 4 nitrogen and oxygen atoms in total. The number of carbonyl (C=O) groups excluding carboxylic acids is 2. The van der Waals surface area contributed by atoms with E-state index in [1.54, 1.807) is 13.8 Å². The van der Waals surface area contributed by atoms with Crippen LogP contribution in [0.25, 0.3) is 0 Å². The number of halogens is 1. The van der Waals surface area contributed by atoms with Crippen molar-refractivity contribution in [2.24, 2.45) is 11.3 Å². The number of amides is 2. The lowest BCUT2D eigenvalue weighted by atomic mass is 9.90. The lowest BCUT2D eigenvalue weighted by molar-refractivity contribution is -0.138. The number of rotatable bonds is 6. The van der Waals surface area contributed by atoms with Gasteiger partial charge in [0.2, 0.25) is 11.8 Å². The van der Waals surface area contributed by atoms with Gasteiger partial charge in [-0.2, -0.15) is 0 Å². The molecule has 1 aromatic rings. The van der Waals surface area contributed by atoms with E-state index in [2.05, 4.69) is 40.4 Å². The fourth-order valence-corrected chi connectivity index (χ4v) is 2.39. The van der Waals surface area contributed by atoms with Crippen molar-refractivity contribution in [3.05, 3.63) is 28.2 Å². The van der Waals surface area contributed by atoms with E-state index in [1.165, 1.54) is 0 Å². The monoisotopic (exact) mass is 368 g/mol. The molecule has 0 heterocycles. The average Bonchev–Trinajstić information content (AvgIpc) is 2.41. The van der Waals surface area contributed by atoms with Gasteiger partial charge in [-0.05, 0) is 66.7 Å². The van der Waals surface area contributed by atoms with Crippen LogP contribution in [0.1, 0.15) is 39.7 Å². The van der Waals surface area contributed by atoms with Crippen LogP contribution >= 0.6 is 15.9 Å². The van der Waals surface area contributed by atoms with Crippen molar-refractivity contribution in [1.82, 2.24) is 5.32 Å². The van der Waals surface area contributed by atoms with Gasteiger partial charge in [-0.25, -0.2) is 0 Å². The number of carbonyl (C=O) groups is 2. The zero-order chi connectivity index (χ0) is 16.9. The average molecular weight is 369 g/mol. The quantitative estimate of drug-likeness (QED) is 0.748. The van der Waals surface area contributed by atoms with Crippen LogP contribution in [0, 0.1) is 18.3 Å². The van der Waals surface area contributed by atoms with Crippen LogP contribution in [0.5, 0.6) is 0 Å². The molecule has 1 rings (SSSR count). The molecule has 2 amide bonds. The van der Waals surface area contributed by atoms with Crippen LogP contribution in [0.15, 0.2) is 22.7 Å². The van der Waals surface area contributed by atoms with Gasteiger partial charge in [0.05, 0.1) is 5.69 Å². The lowest BCUT2D eigenvalue weighted by Crippen LogP contribution is -2.45. The Kier molecular flexibility index (Phi) is 6.60. The third-order valence-corrected chi connectivity index (χ3v) is 4.17. The summed E-state index contributed by atoms with van der Waals surface area (Å²) in [6.45, 7) is 10.0. The minimum atomic E-state index is -1.12. The SMILES string of the molecule is Cc1ccc(NC(=O)C(C)(C)C(=O)NCCC(C)C)c(Br)c1. The Morgan fingerprint density at radius 2 is 1.86 bits per heavy atom. The highest BCUT2D eigenvalue weighted by Gasteiger charge is 2.36. The minimum absolute atomic E-state index is 0.256. The molecule has 122 valence electrons. The van der Waals surface area contributed by atoms with Crippen molar-refractivity contribution in [2.75, 3.05) is 11.9 Å². The maximum Gasteiger partial charge on any atom is 0.239 e. The van der Waals surface area contributed by atoms with Gasteiger partial charge in [-0.3, -0.25) is 9.59 Å². The number of nitrogens with one attached hydrogen (secondary N) is 2. The van der Waals surface area contributed by atoms with E-state index in [0.29, 0.717) is 18.2 Å². The Balaban J connectivity index is 2.71. The summed E-state index contributed by atoms with van der Waals surface area (Å²) < 4.78 is 0.803. The number of hydrogen-bond acceptors (Lipinski definition) is 2. The summed E-state index contributed by atoms with van der Waals surface area (Å²) in [5.41, 5.74) is 0.635. The van der Waals surface area contributed by atoms with Gasteiger partial charge in [0.15, 0.2) is 0 Å². The maximum absolute atomic E-state index is 12.4. The summed E-state index contributed by atoms with van der Waals surface area (Å²) in [5.74, 6) is -0.0614. The first-order valence-corrected chi connectivity index (χ1v) is 8.29. The van der Waals surface area contributed by atoms with Gasteiger partial charge in [0.1, 0.15) is 5.41 Å². The molecule has 0 aliphatic carbocycles. The molecular formula is C17H25BrN2O2. The Morgan fingerprint density at radius 1 is 1.23 bits per heavy atom. The molecule has 1 aromatic carbocycles. The zero-order valence-electron chi connectivity index (χ0n) is 13.9. The van der Waals surface area contributed by atoms with Crippen LogP contribution in [-0.2, 0) is 9.59 Å². The first kappa shape index (κ1) is 18.7. The molecule has 22 heavy (non-hydrogen) atoms. The van der Waals surface area contributed by atoms with Crippen LogP contribution in [0.4, 0.5) is 5.69 Å². The van der Waals surface area contributed by atoms with Gasteiger partial charge in [-0.15, -0.1) is 0 Å². The molecule has 0 bridgehead atoms. The van der Waals surface area contributed by atoms with Crippen LogP contribution < -0.4 is 10.6 Å². The van der Waals surface area contributed by atoms with E-state index in [1.807, 2.05) is 25.1 Å². The zero-order valence-corrected chi connectivity index (χ0v) is 15.5. The smallest absolute Gasteiger partial charge is 0.239 e. The molecule has 5 heteroatoms. The molecular weight excluding hydrogens is 344 g/mol. The number of anilines is 1. The molecule has 0 spiro atoms. The van der Waals surface area contributed by atoms with E-state index in [4.69, 9.17) is 0 Å². The highest BCUT2D eigenvalue weighted by molar-refractivity contribution is 9.10. The summed E-state index contributed by atoms with van der Waals surface area (Å²) in [5, 5.41) is 5.64. The molecule has 0 radical (unpaired) electrons. The highest BCUT2D eigenvalue weighted by atomic mass is 79.9. The predicted molar refractivity (Wildman–Crippen MR) is 93.8 cm³/mol. The van der Waals surface area contributed by atoms with Gasteiger partial charge in [0.25, 0.3) is 0 Å². The van der Waals surface area contributed by atoms with Crippen molar-refractivity contribution in [3.8, 4) is 0 Å². The summed E-state index contributed by atoms with van der Waals surface area (Å²) in [4.78, 5) is 24.7. The molecule has 0 aliphatic heterocycles.